The van der Waals surface area contributed by atoms with Crippen molar-refractivity contribution in [2.24, 2.45) is 0 Å². The normalized spacial score (nSPS) is 10.3. The first-order valence-electron chi connectivity index (χ1n) is 6.37. The first kappa shape index (κ1) is 14.7. The second kappa shape index (κ2) is 7.21. The van der Waals surface area contributed by atoms with Gasteiger partial charge in [0.15, 0.2) is 5.82 Å². The average molecular weight is 337 g/mol. The van der Waals surface area contributed by atoms with E-state index >= 15 is 0 Å². The van der Waals surface area contributed by atoms with Crippen molar-refractivity contribution >= 4 is 33.3 Å². The standard InChI is InChI=1S/C14H17BrN4O/c1-3-20-9-14-18-12(16-2)8-13(19-14)17-11-6-4-5-10(15)7-11/h4-8H,3,9H2,1-2H3,(H2,16,17,18,19). The fourth-order valence-corrected chi connectivity index (χ4v) is 2.06. The number of nitrogens with one attached hydrogen (secondary N) is 2. The molecular formula is C14H17BrN4O. The Kier molecular flexibility index (Phi) is 5.31. The average Bonchev–Trinajstić information content (AvgIpc) is 2.45. The molecule has 20 heavy (non-hydrogen) atoms. The van der Waals surface area contributed by atoms with E-state index in [1.54, 1.807) is 0 Å². The van der Waals surface area contributed by atoms with Crippen LogP contribution in [0, 0.1) is 0 Å². The molecule has 0 aliphatic rings. The summed E-state index contributed by atoms with van der Waals surface area (Å²) in [5.41, 5.74) is 0.961. The van der Waals surface area contributed by atoms with E-state index in [-0.39, 0.29) is 0 Å². The first-order valence-corrected chi connectivity index (χ1v) is 7.16. The maximum atomic E-state index is 5.36. The Balaban J connectivity index is 2.21. The molecule has 6 heteroatoms. The lowest BCUT2D eigenvalue weighted by Gasteiger charge is -2.10. The van der Waals surface area contributed by atoms with Gasteiger partial charge in [0, 0.05) is 29.9 Å². The summed E-state index contributed by atoms with van der Waals surface area (Å²) < 4.78 is 6.37. The van der Waals surface area contributed by atoms with Crippen molar-refractivity contribution in [3.8, 4) is 0 Å². The summed E-state index contributed by atoms with van der Waals surface area (Å²) in [6.45, 7) is 2.99. The van der Waals surface area contributed by atoms with E-state index in [9.17, 15) is 0 Å². The van der Waals surface area contributed by atoms with Crippen LogP contribution in [0.4, 0.5) is 17.3 Å². The van der Waals surface area contributed by atoms with Gasteiger partial charge in [0.05, 0.1) is 0 Å². The number of hydrogen-bond acceptors (Lipinski definition) is 5. The highest BCUT2D eigenvalue weighted by atomic mass is 79.9. The minimum Gasteiger partial charge on any atom is -0.374 e. The first-order chi connectivity index (χ1) is 9.71. The Hall–Kier alpha value is -1.66. The molecule has 0 radical (unpaired) electrons. The monoisotopic (exact) mass is 336 g/mol. The van der Waals surface area contributed by atoms with Crippen LogP contribution in [0.25, 0.3) is 0 Å². The molecule has 106 valence electrons. The molecule has 5 nitrogen and oxygen atoms in total. The molecule has 0 saturated heterocycles. The third kappa shape index (κ3) is 4.18. The Morgan fingerprint density at radius 3 is 2.70 bits per heavy atom. The molecule has 0 spiro atoms. The quantitative estimate of drug-likeness (QED) is 0.844. The van der Waals surface area contributed by atoms with E-state index in [0.29, 0.717) is 19.0 Å². The van der Waals surface area contributed by atoms with E-state index in [4.69, 9.17) is 4.74 Å². The van der Waals surface area contributed by atoms with E-state index < -0.39 is 0 Å². The van der Waals surface area contributed by atoms with Crippen molar-refractivity contribution in [3.63, 3.8) is 0 Å². The van der Waals surface area contributed by atoms with Gasteiger partial charge in [-0.25, -0.2) is 9.97 Å². The zero-order valence-electron chi connectivity index (χ0n) is 11.5. The summed E-state index contributed by atoms with van der Waals surface area (Å²) in [6, 6.07) is 9.77. The van der Waals surface area contributed by atoms with Crippen molar-refractivity contribution in [1.82, 2.24) is 9.97 Å². The molecule has 1 aromatic carbocycles. The minimum absolute atomic E-state index is 0.402. The number of nitrogens with zero attached hydrogens (tertiary/aromatic N) is 2. The van der Waals surface area contributed by atoms with E-state index in [2.05, 4.69) is 36.5 Å². The van der Waals surface area contributed by atoms with Crippen LogP contribution in [0.5, 0.6) is 0 Å². The molecule has 0 saturated carbocycles. The summed E-state index contributed by atoms with van der Waals surface area (Å²) in [4.78, 5) is 8.79. The molecule has 0 aliphatic carbocycles. The lowest BCUT2D eigenvalue weighted by atomic mass is 10.3. The Morgan fingerprint density at radius 1 is 1.20 bits per heavy atom. The van der Waals surface area contributed by atoms with Crippen LogP contribution in [0.1, 0.15) is 12.7 Å². The Bertz CT molecular complexity index is 577. The molecular weight excluding hydrogens is 320 g/mol. The molecule has 2 N–H and O–H groups in total. The van der Waals surface area contributed by atoms with Crippen molar-refractivity contribution in [2.75, 3.05) is 24.3 Å². The number of halogens is 1. The molecule has 0 atom stereocenters. The summed E-state index contributed by atoms with van der Waals surface area (Å²) in [7, 11) is 1.83. The van der Waals surface area contributed by atoms with Crippen molar-refractivity contribution in [1.29, 1.82) is 0 Å². The smallest absolute Gasteiger partial charge is 0.158 e. The van der Waals surface area contributed by atoms with Crippen LogP contribution in [-0.2, 0) is 11.3 Å². The van der Waals surface area contributed by atoms with Gasteiger partial charge in [-0.3, -0.25) is 0 Å². The minimum atomic E-state index is 0.402. The zero-order valence-corrected chi connectivity index (χ0v) is 13.1. The van der Waals surface area contributed by atoms with Gasteiger partial charge in [0.1, 0.15) is 18.2 Å². The molecule has 1 aromatic heterocycles. The van der Waals surface area contributed by atoms with Crippen LogP contribution in [0.15, 0.2) is 34.8 Å². The van der Waals surface area contributed by atoms with Gasteiger partial charge in [0.2, 0.25) is 0 Å². The van der Waals surface area contributed by atoms with E-state index in [1.165, 1.54) is 0 Å². The summed E-state index contributed by atoms with van der Waals surface area (Å²) >= 11 is 3.45. The Labute approximate surface area is 126 Å². The number of rotatable bonds is 6. The second-order valence-electron chi connectivity index (χ2n) is 4.08. The lowest BCUT2D eigenvalue weighted by molar-refractivity contribution is 0.128. The maximum absolute atomic E-state index is 5.36. The van der Waals surface area contributed by atoms with Crippen LogP contribution >= 0.6 is 15.9 Å². The molecule has 1 heterocycles. The van der Waals surface area contributed by atoms with Crippen molar-refractivity contribution in [2.45, 2.75) is 13.5 Å². The highest BCUT2D eigenvalue weighted by Gasteiger charge is 2.05. The second-order valence-corrected chi connectivity index (χ2v) is 4.99. The van der Waals surface area contributed by atoms with Gasteiger partial charge in [-0.2, -0.15) is 0 Å². The molecule has 2 rings (SSSR count). The Morgan fingerprint density at radius 2 is 2.00 bits per heavy atom. The summed E-state index contributed by atoms with van der Waals surface area (Å²) in [5, 5.41) is 6.29. The highest BCUT2D eigenvalue weighted by Crippen LogP contribution is 2.20. The number of anilines is 3. The molecule has 0 bridgehead atoms. The SMILES string of the molecule is CCOCc1nc(NC)cc(Nc2cccc(Br)c2)n1. The van der Waals surface area contributed by atoms with Gasteiger partial charge < -0.3 is 15.4 Å². The maximum Gasteiger partial charge on any atom is 0.158 e. The van der Waals surface area contributed by atoms with Gasteiger partial charge >= 0.3 is 0 Å². The lowest BCUT2D eigenvalue weighted by Crippen LogP contribution is -2.05. The highest BCUT2D eigenvalue weighted by molar-refractivity contribution is 9.10. The topological polar surface area (TPSA) is 59.1 Å². The van der Waals surface area contributed by atoms with Gasteiger partial charge in [0.25, 0.3) is 0 Å². The molecule has 0 amide bonds. The van der Waals surface area contributed by atoms with Crippen LogP contribution in [0.3, 0.4) is 0 Å². The molecule has 0 fully saturated rings. The zero-order chi connectivity index (χ0) is 14.4. The molecule has 0 aliphatic heterocycles. The van der Waals surface area contributed by atoms with Crippen LogP contribution < -0.4 is 10.6 Å². The van der Waals surface area contributed by atoms with E-state index in [0.717, 1.165) is 21.8 Å². The number of aromatic nitrogens is 2. The molecule has 0 unspecified atom stereocenters. The number of hydrogen-bond donors (Lipinski definition) is 2. The fraction of sp³-hybridized carbons (Fsp3) is 0.286. The number of ether oxygens (including phenoxy) is 1. The summed E-state index contributed by atoms with van der Waals surface area (Å²) in [6.07, 6.45) is 0. The van der Waals surface area contributed by atoms with Gasteiger partial charge in [-0.1, -0.05) is 22.0 Å². The summed E-state index contributed by atoms with van der Waals surface area (Å²) in [5.74, 6) is 2.14. The van der Waals surface area contributed by atoms with Gasteiger partial charge in [-0.05, 0) is 25.1 Å². The van der Waals surface area contributed by atoms with Gasteiger partial charge in [-0.15, -0.1) is 0 Å². The number of benzene rings is 1. The van der Waals surface area contributed by atoms with E-state index in [1.807, 2.05) is 44.3 Å². The predicted molar refractivity (Wildman–Crippen MR) is 84.3 cm³/mol. The predicted octanol–water partition coefficient (Wildman–Crippen LogP) is 3.56. The van der Waals surface area contributed by atoms with Crippen molar-refractivity contribution < 1.29 is 4.74 Å². The largest absolute Gasteiger partial charge is 0.374 e. The molecule has 2 aromatic rings. The third-order valence-electron chi connectivity index (χ3n) is 2.56. The van der Waals surface area contributed by atoms with Crippen LogP contribution in [-0.4, -0.2) is 23.6 Å². The fourth-order valence-electron chi connectivity index (χ4n) is 1.66. The van der Waals surface area contributed by atoms with Crippen LogP contribution in [0.2, 0.25) is 0 Å². The third-order valence-corrected chi connectivity index (χ3v) is 3.05. The van der Waals surface area contributed by atoms with Crippen molar-refractivity contribution in [3.05, 3.63) is 40.6 Å².